The summed E-state index contributed by atoms with van der Waals surface area (Å²) in [5.41, 5.74) is 0. The molecule has 3 aliphatic rings. The van der Waals surface area contributed by atoms with Crippen LogP contribution in [0, 0.1) is 17.8 Å². The summed E-state index contributed by atoms with van der Waals surface area (Å²) in [7, 11) is 0. The Morgan fingerprint density at radius 2 is 0.895 bits per heavy atom. The summed E-state index contributed by atoms with van der Waals surface area (Å²) in [6.07, 6.45) is 4.79. The highest BCUT2D eigenvalue weighted by molar-refractivity contribution is 6.44. The molecule has 3 rings (SSSR count). The summed E-state index contributed by atoms with van der Waals surface area (Å²) in [4.78, 5) is 34.7. The summed E-state index contributed by atoms with van der Waals surface area (Å²) < 4.78 is 15.3. The minimum Gasteiger partial charge on any atom is -0.551 e. The normalized spacial score (nSPS) is 21.5. The predicted molar refractivity (Wildman–Crippen MR) is 62.2 cm³/mol. The molecule has 0 atom stereocenters. The van der Waals surface area contributed by atoms with E-state index in [4.69, 9.17) is 11.4 Å². The first-order valence-corrected chi connectivity index (χ1v) is 8.16. The Bertz CT molecular complexity index is 349. The fraction of sp³-hybridized carbons (Fsp3) is 0.750. The molecule has 0 unspecified atom stereocenters. The largest absolute Gasteiger partial charge is 1.20 e. The number of hydrogen-bond acceptors (Lipinski definition) is 6. The Hall–Kier alpha value is -1.06. The Morgan fingerprint density at radius 3 is 1.11 bits per heavy atom. The third kappa shape index (κ3) is 3.71. The summed E-state index contributed by atoms with van der Waals surface area (Å²) >= 11 is -3.00. The van der Waals surface area contributed by atoms with Gasteiger partial charge in [-0.05, 0) is 38.5 Å². The van der Waals surface area contributed by atoms with Crippen LogP contribution in [0.2, 0.25) is 0 Å². The molecule has 0 aromatic heterocycles. The lowest BCUT2D eigenvalue weighted by molar-refractivity contribution is -0.149. The lowest BCUT2D eigenvalue weighted by Gasteiger charge is -2.12. The van der Waals surface area contributed by atoms with E-state index in [0.29, 0.717) is 0 Å². The predicted octanol–water partition coefficient (Wildman–Crippen LogP) is 0.831. The molecule has 19 heavy (non-hydrogen) atoms. The van der Waals surface area contributed by atoms with Gasteiger partial charge >= 0.3 is 15.1 Å². The number of rotatable bonds is 6. The van der Waals surface area contributed by atoms with Crippen molar-refractivity contribution in [3.8, 4) is 0 Å². The highest BCUT2D eigenvalue weighted by atomic mass is 27.3. The van der Waals surface area contributed by atoms with Crippen LogP contribution in [-0.4, -0.2) is 33.1 Å². The van der Waals surface area contributed by atoms with Crippen molar-refractivity contribution in [1.29, 1.82) is 0 Å². The molecule has 3 aliphatic carbocycles. The van der Waals surface area contributed by atoms with Crippen LogP contribution in [0.5, 0.6) is 0 Å². The van der Waals surface area contributed by atoms with Crippen molar-refractivity contribution in [3.05, 3.63) is 0 Å². The van der Waals surface area contributed by atoms with Gasteiger partial charge in [-0.1, -0.05) is 0 Å². The van der Waals surface area contributed by atoms with Gasteiger partial charge in [-0.25, -0.2) is 0 Å². The average molecular weight is 282 g/mol. The van der Waals surface area contributed by atoms with Gasteiger partial charge in [0.25, 0.3) is 17.9 Å². The maximum Gasteiger partial charge on any atom is 1.20 e. The molecule has 0 aliphatic heterocycles. The molecule has 0 amide bonds. The minimum atomic E-state index is -3.00. The van der Waals surface area contributed by atoms with Crippen molar-refractivity contribution in [2.75, 3.05) is 0 Å². The smallest absolute Gasteiger partial charge is 0.551 e. The van der Waals surface area contributed by atoms with Gasteiger partial charge in [-0.2, -0.15) is 0 Å². The lowest BCUT2D eigenvalue weighted by atomic mass is 10.5. The van der Waals surface area contributed by atoms with Crippen LogP contribution in [0.1, 0.15) is 38.5 Å². The van der Waals surface area contributed by atoms with E-state index in [1.54, 1.807) is 0 Å². The van der Waals surface area contributed by atoms with Gasteiger partial charge in [0, 0.05) is 0 Å². The molecule has 0 aromatic rings. The van der Waals surface area contributed by atoms with E-state index in [0.717, 1.165) is 38.5 Å². The highest BCUT2D eigenvalue weighted by Gasteiger charge is 2.54. The molecular formula is C12H15AlO6. The molecule has 0 bridgehead atoms. The van der Waals surface area contributed by atoms with Gasteiger partial charge in [0.2, 0.25) is 0 Å². The van der Waals surface area contributed by atoms with Crippen LogP contribution in [0.15, 0.2) is 0 Å². The first-order valence-electron chi connectivity index (χ1n) is 6.75. The Morgan fingerprint density at radius 1 is 0.632 bits per heavy atom. The first-order chi connectivity index (χ1) is 9.13. The van der Waals surface area contributed by atoms with Gasteiger partial charge < -0.3 is 11.4 Å². The Kier molecular flexibility index (Phi) is 3.50. The van der Waals surface area contributed by atoms with E-state index in [2.05, 4.69) is 0 Å². The van der Waals surface area contributed by atoms with Gasteiger partial charge in [0.05, 0.1) is 17.8 Å². The van der Waals surface area contributed by atoms with Crippen molar-refractivity contribution in [2.45, 2.75) is 38.5 Å². The molecular weight excluding hydrogens is 267 g/mol. The minimum absolute atomic E-state index is 0.103. The molecule has 0 radical (unpaired) electrons. The molecule has 6 nitrogen and oxygen atoms in total. The van der Waals surface area contributed by atoms with Crippen molar-refractivity contribution < 1.29 is 25.7 Å². The Balaban J connectivity index is 1.53. The molecule has 0 heterocycles. The summed E-state index contributed by atoms with van der Waals surface area (Å²) in [6.45, 7) is 0. The second kappa shape index (κ2) is 5.14. The van der Waals surface area contributed by atoms with Crippen LogP contribution in [0.4, 0.5) is 0 Å². The van der Waals surface area contributed by atoms with Gasteiger partial charge in [-0.3, -0.25) is 14.4 Å². The molecule has 0 saturated heterocycles. The summed E-state index contributed by atoms with van der Waals surface area (Å²) in [6, 6.07) is 0. The average Bonchev–Trinajstić information content (AvgIpc) is 3.27. The Labute approximate surface area is 115 Å². The van der Waals surface area contributed by atoms with Crippen LogP contribution < -0.4 is 0 Å². The van der Waals surface area contributed by atoms with Crippen LogP contribution in [0.25, 0.3) is 0 Å². The van der Waals surface area contributed by atoms with E-state index in [9.17, 15) is 14.4 Å². The molecule has 3 fully saturated rings. The maximum absolute atomic E-state index is 11.6. The third-order valence-electron chi connectivity index (χ3n) is 3.37. The fourth-order valence-electron chi connectivity index (χ4n) is 1.60. The first kappa shape index (κ1) is 13.0. The third-order valence-corrected chi connectivity index (χ3v) is 4.64. The second-order valence-electron chi connectivity index (χ2n) is 5.42. The quantitative estimate of drug-likeness (QED) is 0.671. The molecule has 102 valence electrons. The lowest BCUT2D eigenvalue weighted by Crippen LogP contribution is -2.36. The highest BCUT2D eigenvalue weighted by Crippen LogP contribution is 2.33. The van der Waals surface area contributed by atoms with Crippen molar-refractivity contribution in [3.63, 3.8) is 0 Å². The zero-order chi connectivity index (χ0) is 13.4. The van der Waals surface area contributed by atoms with Crippen molar-refractivity contribution in [2.24, 2.45) is 17.8 Å². The number of carbonyl (C=O) groups is 3. The SMILES string of the molecule is O=C([O][Al]([O]C(=O)C1CC1)[O]C(=O)C1CC1)C1CC1. The molecule has 3 saturated carbocycles. The monoisotopic (exact) mass is 282 g/mol. The van der Waals surface area contributed by atoms with E-state index in [1.807, 2.05) is 0 Å². The summed E-state index contributed by atoms with van der Waals surface area (Å²) in [5, 5.41) is 0. The fourth-order valence-corrected chi connectivity index (χ4v) is 2.89. The van der Waals surface area contributed by atoms with Crippen molar-refractivity contribution >= 4 is 33.1 Å². The van der Waals surface area contributed by atoms with E-state index >= 15 is 0 Å². The standard InChI is InChI=1S/3C4H6O2.Al/c3*5-4(6)3-1-2-3;/h3*3H,1-2H2,(H,5,6);/q;;;+3/p-3. The molecule has 0 aromatic carbocycles. The second-order valence-corrected chi connectivity index (χ2v) is 6.71. The van der Waals surface area contributed by atoms with Gasteiger partial charge in [0.15, 0.2) is 0 Å². The van der Waals surface area contributed by atoms with E-state index in [1.165, 1.54) is 0 Å². The number of hydrogen-bond donors (Lipinski definition) is 0. The zero-order valence-corrected chi connectivity index (χ0v) is 11.7. The van der Waals surface area contributed by atoms with Crippen LogP contribution >= 0.6 is 0 Å². The molecule has 0 N–H and O–H groups in total. The van der Waals surface area contributed by atoms with Crippen molar-refractivity contribution in [1.82, 2.24) is 0 Å². The topological polar surface area (TPSA) is 78.9 Å². The zero-order valence-electron chi connectivity index (χ0n) is 10.5. The summed E-state index contributed by atoms with van der Waals surface area (Å²) in [5.74, 6) is -1.51. The van der Waals surface area contributed by atoms with E-state index < -0.39 is 33.1 Å². The van der Waals surface area contributed by atoms with E-state index in [-0.39, 0.29) is 17.8 Å². The maximum atomic E-state index is 11.6. The van der Waals surface area contributed by atoms with Crippen LogP contribution in [0.3, 0.4) is 0 Å². The van der Waals surface area contributed by atoms with Gasteiger partial charge in [-0.15, -0.1) is 0 Å². The number of carbonyl (C=O) groups excluding carboxylic acids is 3. The van der Waals surface area contributed by atoms with Gasteiger partial charge in [0.1, 0.15) is 0 Å². The molecule has 7 heteroatoms. The molecule has 0 spiro atoms. The van der Waals surface area contributed by atoms with Crippen LogP contribution in [-0.2, 0) is 25.7 Å².